The van der Waals surface area contributed by atoms with Gasteiger partial charge < -0.3 is 24.8 Å². The first-order valence-electron chi connectivity index (χ1n) is 17.3. The number of urea groups is 1. The molecule has 0 radical (unpaired) electrons. The molecule has 1 aromatic heterocycles. The Morgan fingerprint density at radius 3 is 2.43 bits per heavy atom. The molecule has 53 heavy (non-hydrogen) atoms. The molecule has 2 aliphatic heterocycles. The highest BCUT2D eigenvalue weighted by molar-refractivity contribution is 5.92. The van der Waals surface area contributed by atoms with E-state index in [1.54, 1.807) is 62.3 Å². The van der Waals surface area contributed by atoms with Crippen molar-refractivity contribution in [1.29, 1.82) is 0 Å². The molecule has 7 rings (SSSR count). The fourth-order valence-corrected chi connectivity index (χ4v) is 7.32. The molecule has 5 aromatic rings. The van der Waals surface area contributed by atoms with Crippen molar-refractivity contribution in [2.75, 3.05) is 19.6 Å². The van der Waals surface area contributed by atoms with Crippen LogP contribution in [0.4, 0.5) is 10.5 Å². The van der Waals surface area contributed by atoms with Gasteiger partial charge >= 0.3 is 6.03 Å². The third-order valence-corrected chi connectivity index (χ3v) is 9.74. The van der Waals surface area contributed by atoms with E-state index in [9.17, 15) is 29.6 Å². The van der Waals surface area contributed by atoms with Crippen molar-refractivity contribution >= 4 is 34.4 Å². The summed E-state index contributed by atoms with van der Waals surface area (Å²) in [4.78, 5) is 57.0. The van der Waals surface area contributed by atoms with Gasteiger partial charge in [-0.1, -0.05) is 78.9 Å². The minimum absolute atomic E-state index is 0.00668. The van der Waals surface area contributed by atoms with Gasteiger partial charge in [0, 0.05) is 50.9 Å². The Labute approximate surface area is 306 Å². The average molecular weight is 714 g/mol. The summed E-state index contributed by atoms with van der Waals surface area (Å²) in [7, 11) is 0. The highest BCUT2D eigenvalue weighted by atomic mass is 16.6. The van der Waals surface area contributed by atoms with Crippen molar-refractivity contribution in [2.24, 2.45) is 0 Å². The van der Waals surface area contributed by atoms with Crippen LogP contribution in [0.3, 0.4) is 0 Å². The molecule has 0 spiro atoms. The number of aromatic nitrogens is 1. The molecule has 2 fully saturated rings. The molecular weight excluding hydrogens is 674 g/mol. The van der Waals surface area contributed by atoms with E-state index in [0.717, 1.165) is 33.2 Å². The van der Waals surface area contributed by atoms with Crippen LogP contribution in [0.5, 0.6) is 5.75 Å². The number of fused-ring (bicyclic) bond motifs is 2. The minimum atomic E-state index is -0.933. The molecule has 2 atom stereocenters. The largest absolute Gasteiger partial charge is 0.508 e. The molecule has 270 valence electrons. The molecule has 13 nitrogen and oxygen atoms in total. The Hall–Kier alpha value is -6.47. The zero-order chi connectivity index (χ0) is 37.1. The molecule has 0 aliphatic carbocycles. The number of phenolic OH excluding ortho intramolecular Hbond substituents is 1. The minimum Gasteiger partial charge on any atom is -0.508 e. The van der Waals surface area contributed by atoms with E-state index >= 15 is 0 Å². The number of nitrogens with zero attached hydrogens (tertiary/aromatic N) is 6. The highest BCUT2D eigenvalue weighted by Crippen LogP contribution is 2.31. The van der Waals surface area contributed by atoms with E-state index in [-0.39, 0.29) is 62.4 Å². The predicted octanol–water partition coefficient (Wildman–Crippen LogP) is 5.04. The molecule has 4 aromatic carbocycles. The van der Waals surface area contributed by atoms with Gasteiger partial charge in [0.25, 0.3) is 5.69 Å². The number of para-hydroxylation sites is 1. The molecule has 0 unspecified atom stereocenters. The lowest BCUT2D eigenvalue weighted by atomic mass is 9.98. The lowest BCUT2D eigenvalue weighted by Crippen LogP contribution is -2.76. The molecule has 4 amide bonds. The SMILES string of the molecule is C=CCN1CC(=O)N2[C@@H](Cc3ccc(O)cc3)C(=O)N(Cc3cccc4ccn(Cc5cccc([N+](=O)[O-])c5)c34)C[C@@H]2N1C(=O)NCc1ccccc1. The Morgan fingerprint density at radius 1 is 0.925 bits per heavy atom. The number of nitro groups is 1. The lowest BCUT2D eigenvalue weighted by molar-refractivity contribution is -0.384. The van der Waals surface area contributed by atoms with E-state index in [1.807, 2.05) is 71.4 Å². The number of carbonyl (C=O) groups excluding carboxylic acids is 3. The van der Waals surface area contributed by atoms with Crippen LogP contribution < -0.4 is 5.32 Å². The number of carbonyl (C=O) groups is 3. The number of nitrogens with one attached hydrogen (secondary N) is 1. The van der Waals surface area contributed by atoms with E-state index < -0.39 is 23.2 Å². The second-order valence-corrected chi connectivity index (χ2v) is 13.2. The Balaban J connectivity index is 1.25. The maximum Gasteiger partial charge on any atom is 0.334 e. The van der Waals surface area contributed by atoms with Crippen molar-refractivity contribution < 1.29 is 24.4 Å². The van der Waals surface area contributed by atoms with Crippen LogP contribution in [0.2, 0.25) is 0 Å². The predicted molar refractivity (Wildman–Crippen MR) is 198 cm³/mol. The number of hydrogen-bond acceptors (Lipinski definition) is 7. The molecule has 0 bridgehead atoms. The summed E-state index contributed by atoms with van der Waals surface area (Å²) in [5.41, 5.74) is 4.13. The lowest BCUT2D eigenvalue weighted by Gasteiger charge is -2.55. The van der Waals surface area contributed by atoms with E-state index in [0.29, 0.717) is 6.54 Å². The molecule has 0 saturated carbocycles. The van der Waals surface area contributed by atoms with Crippen LogP contribution in [0.1, 0.15) is 22.3 Å². The first-order chi connectivity index (χ1) is 25.7. The number of piperazine rings is 1. The van der Waals surface area contributed by atoms with Crippen molar-refractivity contribution in [3.05, 3.63) is 154 Å². The number of aromatic hydroxyl groups is 1. The van der Waals surface area contributed by atoms with Gasteiger partial charge in [-0.2, -0.15) is 0 Å². The van der Waals surface area contributed by atoms with Gasteiger partial charge in [0.1, 0.15) is 18.0 Å². The van der Waals surface area contributed by atoms with Crippen LogP contribution in [-0.4, -0.2) is 84.1 Å². The summed E-state index contributed by atoms with van der Waals surface area (Å²) in [5.74, 6) is -0.466. The first-order valence-corrected chi connectivity index (χ1v) is 17.3. The quantitative estimate of drug-likeness (QED) is 0.111. The maximum absolute atomic E-state index is 14.6. The van der Waals surface area contributed by atoms with Crippen molar-refractivity contribution in [1.82, 2.24) is 29.7 Å². The number of non-ortho nitro benzene ring substituents is 1. The first kappa shape index (κ1) is 35.0. The molecule has 3 heterocycles. The number of hydrogen-bond donors (Lipinski definition) is 2. The van der Waals surface area contributed by atoms with Gasteiger partial charge in [0.15, 0.2) is 0 Å². The van der Waals surface area contributed by atoms with Gasteiger partial charge in [-0.05, 0) is 45.8 Å². The fraction of sp³-hybridized carbons (Fsp3) is 0.225. The Kier molecular flexibility index (Phi) is 9.91. The Morgan fingerprint density at radius 2 is 1.68 bits per heavy atom. The zero-order valence-corrected chi connectivity index (χ0v) is 29.0. The molecular formula is C40H39N7O6. The van der Waals surface area contributed by atoms with E-state index in [2.05, 4.69) is 11.9 Å². The smallest absolute Gasteiger partial charge is 0.334 e. The fourth-order valence-electron chi connectivity index (χ4n) is 7.32. The summed E-state index contributed by atoms with van der Waals surface area (Å²) in [6, 6.07) is 29.0. The normalized spacial score (nSPS) is 17.5. The summed E-state index contributed by atoms with van der Waals surface area (Å²) < 4.78 is 2.01. The number of rotatable bonds is 11. The number of phenols is 1. The second-order valence-electron chi connectivity index (χ2n) is 13.2. The summed E-state index contributed by atoms with van der Waals surface area (Å²) in [6.07, 6.45) is 2.90. The van der Waals surface area contributed by atoms with Crippen molar-refractivity contribution in [3.8, 4) is 5.75 Å². The van der Waals surface area contributed by atoms with Gasteiger partial charge in [-0.3, -0.25) is 19.7 Å². The molecule has 2 N–H and O–H groups in total. The van der Waals surface area contributed by atoms with E-state index in [1.165, 1.54) is 6.07 Å². The molecule has 2 aliphatic rings. The van der Waals surface area contributed by atoms with Gasteiger partial charge in [-0.15, -0.1) is 6.58 Å². The average Bonchev–Trinajstić information content (AvgIpc) is 3.57. The van der Waals surface area contributed by atoms with Crippen LogP contribution in [0.15, 0.2) is 122 Å². The van der Waals surface area contributed by atoms with Gasteiger partial charge in [0.2, 0.25) is 11.8 Å². The van der Waals surface area contributed by atoms with E-state index in [4.69, 9.17) is 0 Å². The van der Waals surface area contributed by atoms with Crippen LogP contribution in [0, 0.1) is 10.1 Å². The second kappa shape index (κ2) is 15.0. The summed E-state index contributed by atoms with van der Waals surface area (Å²) in [5, 5.41) is 28.6. The number of hydrazine groups is 1. The number of benzene rings is 4. The zero-order valence-electron chi connectivity index (χ0n) is 29.0. The standard InChI is InChI=1S/C40H39N7O6/c1-2-19-44-27-37(49)45-35(22-28-14-16-34(48)17-15-28)39(50)43(26-36(45)46(44)40(51)41-23-29-8-4-3-5-9-29)25-32-12-7-11-31-18-20-42(38(31)32)24-30-10-6-13-33(21-30)47(52)53/h2-18,20-21,35-36,48H,1,19,22-27H2,(H,41,51)/t35-,36-/m0/s1. The molecule has 13 heteroatoms. The van der Waals surface area contributed by atoms with Gasteiger partial charge in [0.05, 0.1) is 23.5 Å². The highest BCUT2D eigenvalue weighted by Gasteiger charge is 2.51. The number of nitro benzene ring substituents is 1. The maximum atomic E-state index is 14.6. The number of amides is 4. The summed E-state index contributed by atoms with van der Waals surface area (Å²) >= 11 is 0. The molecule has 2 saturated heterocycles. The van der Waals surface area contributed by atoms with Crippen molar-refractivity contribution in [3.63, 3.8) is 0 Å². The van der Waals surface area contributed by atoms with Crippen LogP contribution in [-0.2, 0) is 35.6 Å². The third kappa shape index (κ3) is 7.32. The monoisotopic (exact) mass is 713 g/mol. The van der Waals surface area contributed by atoms with Crippen LogP contribution >= 0.6 is 0 Å². The van der Waals surface area contributed by atoms with Crippen molar-refractivity contribution in [2.45, 2.75) is 38.3 Å². The summed E-state index contributed by atoms with van der Waals surface area (Å²) in [6.45, 7) is 4.84. The topological polar surface area (TPSA) is 145 Å². The van der Waals surface area contributed by atoms with Crippen LogP contribution in [0.25, 0.3) is 10.9 Å². The Bertz CT molecular complexity index is 2170. The van der Waals surface area contributed by atoms with Gasteiger partial charge in [-0.25, -0.2) is 14.8 Å². The third-order valence-electron chi connectivity index (χ3n) is 9.74.